The molecule has 16 heavy (non-hydrogen) atoms. The molecule has 0 radical (unpaired) electrons. The summed E-state index contributed by atoms with van der Waals surface area (Å²) in [5, 5.41) is 18.8. The van der Waals surface area contributed by atoms with Crippen molar-refractivity contribution in [1.29, 1.82) is 0 Å². The predicted molar refractivity (Wildman–Crippen MR) is 59.4 cm³/mol. The molecule has 1 aromatic rings. The van der Waals surface area contributed by atoms with Crippen molar-refractivity contribution in [2.24, 2.45) is 0 Å². The number of amides is 1. The van der Waals surface area contributed by atoms with Crippen LogP contribution in [0.25, 0.3) is 0 Å². The average molecular weight is 221 g/mol. The zero-order chi connectivity index (χ0) is 11.9. The average Bonchev–Trinajstić information content (AvgIpc) is 2.13. The van der Waals surface area contributed by atoms with Gasteiger partial charge in [-0.05, 0) is 37.6 Å². The van der Waals surface area contributed by atoms with Gasteiger partial charge in [-0.1, -0.05) is 0 Å². The lowest BCUT2D eigenvalue weighted by Gasteiger charge is -2.44. The summed E-state index contributed by atoms with van der Waals surface area (Å²) in [5.41, 5.74) is 0.574. The Balaban J connectivity index is 2.16. The molecule has 1 amide bonds. The van der Waals surface area contributed by atoms with Gasteiger partial charge in [0, 0.05) is 5.56 Å². The van der Waals surface area contributed by atoms with Crippen molar-refractivity contribution in [3.8, 4) is 5.75 Å². The molecule has 1 aliphatic rings. The highest BCUT2D eigenvalue weighted by molar-refractivity contribution is 5.96. The summed E-state index contributed by atoms with van der Waals surface area (Å²) in [6.45, 7) is 4.23. The minimum Gasteiger partial charge on any atom is -0.508 e. The van der Waals surface area contributed by atoms with Gasteiger partial charge in [-0.25, -0.2) is 0 Å². The molecule has 1 aliphatic heterocycles. The van der Waals surface area contributed by atoms with Crippen molar-refractivity contribution in [3.63, 3.8) is 0 Å². The lowest BCUT2D eigenvalue weighted by atomic mass is 9.95. The van der Waals surface area contributed by atoms with Gasteiger partial charge < -0.3 is 15.1 Å². The predicted octanol–water partition coefficient (Wildman–Crippen LogP) is 0.907. The molecule has 0 unspecified atom stereocenters. The summed E-state index contributed by atoms with van der Waals surface area (Å²) >= 11 is 0. The van der Waals surface area contributed by atoms with Gasteiger partial charge in [0.05, 0.1) is 18.7 Å². The Hall–Kier alpha value is -1.55. The van der Waals surface area contributed by atoms with Crippen LogP contribution in [0.15, 0.2) is 18.2 Å². The van der Waals surface area contributed by atoms with E-state index in [2.05, 4.69) is 0 Å². The first-order valence-corrected chi connectivity index (χ1v) is 5.20. The zero-order valence-electron chi connectivity index (χ0n) is 9.40. The number of rotatable bonds is 1. The number of phenols is 1. The fourth-order valence-corrected chi connectivity index (χ4v) is 1.98. The molecule has 1 aromatic carbocycles. The number of carbonyl (C=O) groups excluding carboxylic acids is 1. The number of aliphatic hydroxyl groups is 1. The van der Waals surface area contributed by atoms with E-state index in [9.17, 15) is 15.0 Å². The van der Waals surface area contributed by atoms with Crippen LogP contribution >= 0.6 is 0 Å². The summed E-state index contributed by atoms with van der Waals surface area (Å²) in [6.07, 6.45) is 0. The van der Waals surface area contributed by atoms with Crippen molar-refractivity contribution in [1.82, 2.24) is 4.90 Å². The second-order valence-corrected chi connectivity index (χ2v) is 4.66. The Labute approximate surface area is 94.1 Å². The minimum absolute atomic E-state index is 0.0935. The van der Waals surface area contributed by atoms with Gasteiger partial charge in [0.2, 0.25) is 0 Å². The maximum absolute atomic E-state index is 12.0. The molecule has 1 saturated heterocycles. The van der Waals surface area contributed by atoms with E-state index >= 15 is 0 Å². The smallest absolute Gasteiger partial charge is 0.254 e. The number of likely N-dealkylation sites (tertiary alicyclic amines) is 1. The topological polar surface area (TPSA) is 60.8 Å². The molecule has 2 rings (SSSR count). The van der Waals surface area contributed by atoms with Crippen molar-refractivity contribution < 1.29 is 15.0 Å². The zero-order valence-corrected chi connectivity index (χ0v) is 9.40. The lowest BCUT2D eigenvalue weighted by molar-refractivity contribution is -0.0669. The van der Waals surface area contributed by atoms with Gasteiger partial charge in [0.1, 0.15) is 5.75 Å². The summed E-state index contributed by atoms with van der Waals surface area (Å²) in [7, 11) is 0. The maximum atomic E-state index is 12.0. The summed E-state index contributed by atoms with van der Waals surface area (Å²) in [6, 6.07) is 4.67. The Morgan fingerprint density at radius 2 is 2.06 bits per heavy atom. The quantitative estimate of drug-likeness (QED) is 0.741. The van der Waals surface area contributed by atoms with Crippen molar-refractivity contribution >= 4 is 5.91 Å². The van der Waals surface area contributed by atoms with Crippen molar-refractivity contribution in [2.75, 3.05) is 13.1 Å². The third-order valence-electron chi connectivity index (χ3n) is 2.79. The molecule has 0 saturated carbocycles. The molecule has 0 spiro atoms. The molecule has 0 bridgehead atoms. The van der Waals surface area contributed by atoms with E-state index in [0.717, 1.165) is 5.56 Å². The molecule has 0 atom stereocenters. The molecular weight excluding hydrogens is 206 g/mol. The SMILES string of the molecule is Cc1cc(O)ccc1C(=O)N1CC(C)(O)C1. The summed E-state index contributed by atoms with van der Waals surface area (Å²) in [4.78, 5) is 13.6. The van der Waals surface area contributed by atoms with Gasteiger partial charge >= 0.3 is 0 Å². The van der Waals surface area contributed by atoms with Crippen LogP contribution in [-0.4, -0.2) is 39.7 Å². The Kier molecular flexibility index (Phi) is 2.39. The number of phenolic OH excluding ortho intramolecular Hbond substituents is 1. The molecule has 86 valence electrons. The van der Waals surface area contributed by atoms with Gasteiger partial charge in [0.15, 0.2) is 0 Å². The number of aromatic hydroxyl groups is 1. The number of nitrogens with zero attached hydrogens (tertiary/aromatic N) is 1. The number of hydrogen-bond acceptors (Lipinski definition) is 3. The summed E-state index contributed by atoms with van der Waals surface area (Å²) in [5.74, 6) is 0.0636. The van der Waals surface area contributed by atoms with Crippen LogP contribution in [0.1, 0.15) is 22.8 Å². The van der Waals surface area contributed by atoms with Crippen LogP contribution in [0.2, 0.25) is 0 Å². The fourth-order valence-electron chi connectivity index (χ4n) is 1.98. The van der Waals surface area contributed by atoms with Crippen molar-refractivity contribution in [2.45, 2.75) is 19.4 Å². The van der Waals surface area contributed by atoms with Gasteiger partial charge in [-0.15, -0.1) is 0 Å². The normalized spacial score (nSPS) is 18.1. The van der Waals surface area contributed by atoms with Crippen LogP contribution in [0, 0.1) is 6.92 Å². The first-order chi connectivity index (χ1) is 7.39. The molecular formula is C12H15NO3. The Bertz CT molecular complexity index is 432. The number of carbonyl (C=O) groups is 1. The molecule has 1 fully saturated rings. The molecule has 0 aliphatic carbocycles. The second kappa shape index (κ2) is 3.49. The first kappa shape index (κ1) is 11.0. The van der Waals surface area contributed by atoms with E-state index in [1.165, 1.54) is 6.07 Å². The molecule has 4 nitrogen and oxygen atoms in total. The highest BCUT2D eigenvalue weighted by atomic mass is 16.3. The van der Waals surface area contributed by atoms with E-state index in [0.29, 0.717) is 18.7 Å². The van der Waals surface area contributed by atoms with Gasteiger partial charge in [-0.3, -0.25) is 4.79 Å². The van der Waals surface area contributed by atoms with E-state index in [-0.39, 0.29) is 11.7 Å². The van der Waals surface area contributed by atoms with Crippen LogP contribution in [0.4, 0.5) is 0 Å². The van der Waals surface area contributed by atoms with Crippen LogP contribution in [0.3, 0.4) is 0 Å². The minimum atomic E-state index is -0.750. The van der Waals surface area contributed by atoms with Crippen LogP contribution in [-0.2, 0) is 0 Å². The molecule has 0 aromatic heterocycles. The van der Waals surface area contributed by atoms with E-state index in [1.54, 1.807) is 30.9 Å². The van der Waals surface area contributed by atoms with Gasteiger partial charge in [-0.2, -0.15) is 0 Å². The van der Waals surface area contributed by atoms with E-state index < -0.39 is 5.60 Å². The third-order valence-corrected chi connectivity index (χ3v) is 2.79. The monoisotopic (exact) mass is 221 g/mol. The molecule has 4 heteroatoms. The van der Waals surface area contributed by atoms with E-state index in [4.69, 9.17) is 0 Å². The molecule has 2 N–H and O–H groups in total. The summed E-state index contributed by atoms with van der Waals surface area (Å²) < 4.78 is 0. The standard InChI is InChI=1S/C12H15NO3/c1-8-5-9(14)3-4-10(8)11(15)13-6-12(2,16)7-13/h3-5,14,16H,6-7H2,1-2H3. The van der Waals surface area contributed by atoms with Crippen LogP contribution < -0.4 is 0 Å². The van der Waals surface area contributed by atoms with E-state index in [1.807, 2.05) is 0 Å². The lowest BCUT2D eigenvalue weighted by Crippen LogP contribution is -2.61. The highest BCUT2D eigenvalue weighted by Crippen LogP contribution is 2.24. The first-order valence-electron chi connectivity index (χ1n) is 5.20. The number of aryl methyl sites for hydroxylation is 1. The highest BCUT2D eigenvalue weighted by Gasteiger charge is 2.39. The van der Waals surface area contributed by atoms with Crippen LogP contribution in [0.5, 0.6) is 5.75 Å². The van der Waals surface area contributed by atoms with Crippen molar-refractivity contribution in [3.05, 3.63) is 29.3 Å². The largest absolute Gasteiger partial charge is 0.508 e. The number of hydrogen-bond donors (Lipinski definition) is 2. The van der Waals surface area contributed by atoms with Gasteiger partial charge in [0.25, 0.3) is 5.91 Å². The third kappa shape index (κ3) is 1.88. The Morgan fingerprint density at radius 1 is 1.44 bits per heavy atom. The Morgan fingerprint density at radius 3 is 2.56 bits per heavy atom. The number of benzene rings is 1. The maximum Gasteiger partial charge on any atom is 0.254 e. The molecule has 1 heterocycles. The fraction of sp³-hybridized carbons (Fsp3) is 0.417. The number of β-amino-alcohol motifs (C(OH)–C–C–N with tert-alkyl or cyclic N) is 1. The second-order valence-electron chi connectivity index (χ2n) is 4.66.